The van der Waals surface area contributed by atoms with Crippen molar-refractivity contribution in [3.05, 3.63) is 83.6 Å². The molecule has 0 bridgehead atoms. The van der Waals surface area contributed by atoms with E-state index in [-0.39, 0.29) is 5.91 Å². The number of allylic oxidation sites excluding steroid dienone is 1. The fraction of sp³-hybridized carbons (Fsp3) is 0.0500. The Morgan fingerprint density at radius 2 is 1.76 bits per heavy atom. The van der Waals surface area contributed by atoms with Crippen molar-refractivity contribution >= 4 is 18.2 Å². The van der Waals surface area contributed by atoms with Crippen LogP contribution in [0, 0.1) is 0 Å². The number of nitrogens with one attached hydrogen (secondary N) is 2. The maximum absolute atomic E-state index is 12.1. The van der Waals surface area contributed by atoms with Crippen LogP contribution in [0.5, 0.6) is 0 Å². The van der Waals surface area contributed by atoms with Crippen LogP contribution < -0.4 is 5.43 Å². The Labute approximate surface area is 146 Å². The number of benzene rings is 2. The number of hydrogen-bond donors (Lipinski definition) is 2. The van der Waals surface area contributed by atoms with Gasteiger partial charge in [0.25, 0.3) is 5.91 Å². The highest BCUT2D eigenvalue weighted by atomic mass is 16.2. The molecule has 0 atom stereocenters. The third kappa shape index (κ3) is 4.51. The van der Waals surface area contributed by atoms with E-state index in [2.05, 4.69) is 20.7 Å². The molecule has 0 saturated heterocycles. The van der Waals surface area contributed by atoms with Crippen molar-refractivity contribution in [3.8, 4) is 11.3 Å². The van der Waals surface area contributed by atoms with Crippen LogP contribution in [0.25, 0.3) is 17.3 Å². The third-order valence-electron chi connectivity index (χ3n) is 3.52. The van der Waals surface area contributed by atoms with Gasteiger partial charge in [-0.15, -0.1) is 0 Å². The van der Waals surface area contributed by atoms with Gasteiger partial charge in [0.2, 0.25) is 0 Å². The summed E-state index contributed by atoms with van der Waals surface area (Å²) in [6.45, 7) is 1.92. The summed E-state index contributed by atoms with van der Waals surface area (Å²) < 4.78 is 0. The topological polar surface area (TPSA) is 70.1 Å². The number of rotatable bonds is 5. The summed E-state index contributed by atoms with van der Waals surface area (Å²) in [6.07, 6.45) is 3.60. The average molecular weight is 330 g/mol. The van der Waals surface area contributed by atoms with Gasteiger partial charge in [0, 0.05) is 5.56 Å². The molecule has 0 fully saturated rings. The lowest BCUT2D eigenvalue weighted by atomic mass is 10.1. The molecule has 1 aromatic heterocycles. The molecular formula is C20H18N4O. The molecule has 124 valence electrons. The Morgan fingerprint density at radius 1 is 1.08 bits per heavy atom. The zero-order valence-corrected chi connectivity index (χ0v) is 13.8. The number of aromatic amines is 1. The van der Waals surface area contributed by atoms with Crippen molar-refractivity contribution in [2.24, 2.45) is 5.10 Å². The Bertz CT molecular complexity index is 896. The van der Waals surface area contributed by atoms with Gasteiger partial charge in [-0.1, -0.05) is 66.7 Å². The summed E-state index contributed by atoms with van der Waals surface area (Å²) >= 11 is 0. The summed E-state index contributed by atoms with van der Waals surface area (Å²) in [7, 11) is 0. The SMILES string of the molecule is CC(C=NNC(=O)c1cc(-c2ccccc2)n[nH]1)=Cc1ccccc1. The highest BCUT2D eigenvalue weighted by Gasteiger charge is 2.09. The molecule has 1 heterocycles. The van der Waals surface area contributed by atoms with Crippen LogP contribution in [0.15, 0.2) is 77.4 Å². The van der Waals surface area contributed by atoms with E-state index >= 15 is 0 Å². The van der Waals surface area contributed by atoms with Gasteiger partial charge in [0.15, 0.2) is 0 Å². The first-order valence-electron chi connectivity index (χ1n) is 7.90. The van der Waals surface area contributed by atoms with Crippen molar-refractivity contribution in [1.29, 1.82) is 0 Å². The third-order valence-corrected chi connectivity index (χ3v) is 3.52. The van der Waals surface area contributed by atoms with E-state index in [1.165, 1.54) is 0 Å². The van der Waals surface area contributed by atoms with E-state index in [4.69, 9.17) is 0 Å². The minimum absolute atomic E-state index is 0.335. The second kappa shape index (κ2) is 7.88. The molecule has 0 spiro atoms. The monoisotopic (exact) mass is 330 g/mol. The molecular weight excluding hydrogens is 312 g/mol. The molecule has 0 aliphatic rings. The van der Waals surface area contributed by atoms with Gasteiger partial charge < -0.3 is 0 Å². The van der Waals surface area contributed by atoms with Crippen molar-refractivity contribution in [2.75, 3.05) is 0 Å². The first-order valence-corrected chi connectivity index (χ1v) is 7.90. The molecule has 5 nitrogen and oxygen atoms in total. The fourth-order valence-electron chi connectivity index (χ4n) is 2.30. The van der Waals surface area contributed by atoms with Crippen molar-refractivity contribution in [3.63, 3.8) is 0 Å². The number of carbonyl (C=O) groups is 1. The lowest BCUT2D eigenvalue weighted by Gasteiger charge is -1.97. The summed E-state index contributed by atoms with van der Waals surface area (Å²) in [4.78, 5) is 12.1. The molecule has 0 radical (unpaired) electrons. The first-order chi connectivity index (χ1) is 12.2. The smallest absolute Gasteiger partial charge is 0.272 e. The van der Waals surface area contributed by atoms with Crippen LogP contribution in [-0.4, -0.2) is 22.3 Å². The van der Waals surface area contributed by atoms with Gasteiger partial charge in [-0.05, 0) is 24.1 Å². The second-order valence-electron chi connectivity index (χ2n) is 5.53. The molecule has 0 aliphatic carbocycles. The van der Waals surface area contributed by atoms with Gasteiger partial charge in [0.05, 0.1) is 11.9 Å². The summed E-state index contributed by atoms with van der Waals surface area (Å²) in [5.41, 5.74) is 6.54. The molecule has 0 unspecified atom stereocenters. The van der Waals surface area contributed by atoms with Gasteiger partial charge in [-0.2, -0.15) is 10.2 Å². The van der Waals surface area contributed by atoms with Crippen molar-refractivity contribution in [2.45, 2.75) is 6.92 Å². The van der Waals surface area contributed by atoms with E-state index in [9.17, 15) is 4.79 Å². The molecule has 2 N–H and O–H groups in total. The van der Waals surface area contributed by atoms with Gasteiger partial charge in [0.1, 0.15) is 5.69 Å². The number of H-pyrrole nitrogens is 1. The molecule has 25 heavy (non-hydrogen) atoms. The van der Waals surface area contributed by atoms with E-state index in [0.29, 0.717) is 5.69 Å². The summed E-state index contributed by atoms with van der Waals surface area (Å²) in [5.74, 6) is -0.335. The maximum Gasteiger partial charge on any atom is 0.289 e. The normalized spacial score (nSPS) is 11.6. The maximum atomic E-state index is 12.1. The Kier molecular flexibility index (Phi) is 5.16. The van der Waals surface area contributed by atoms with Crippen LogP contribution in [-0.2, 0) is 0 Å². The number of nitrogens with zero attached hydrogens (tertiary/aromatic N) is 2. The molecule has 1 amide bonds. The minimum Gasteiger partial charge on any atom is -0.272 e. The number of amides is 1. The summed E-state index contributed by atoms with van der Waals surface area (Å²) in [5, 5.41) is 10.9. The van der Waals surface area contributed by atoms with Crippen LogP contribution in [0.3, 0.4) is 0 Å². The largest absolute Gasteiger partial charge is 0.289 e. The van der Waals surface area contributed by atoms with Gasteiger partial charge in [-0.25, -0.2) is 5.43 Å². The fourth-order valence-corrected chi connectivity index (χ4v) is 2.30. The van der Waals surface area contributed by atoms with E-state index in [1.54, 1.807) is 12.3 Å². The molecule has 2 aromatic carbocycles. The van der Waals surface area contributed by atoms with Crippen LogP contribution >= 0.6 is 0 Å². The van der Waals surface area contributed by atoms with Gasteiger partial charge >= 0.3 is 0 Å². The highest BCUT2D eigenvalue weighted by molar-refractivity contribution is 5.94. The van der Waals surface area contributed by atoms with E-state index < -0.39 is 0 Å². The molecule has 0 saturated carbocycles. The zero-order valence-electron chi connectivity index (χ0n) is 13.8. The van der Waals surface area contributed by atoms with E-state index in [1.807, 2.05) is 73.7 Å². The minimum atomic E-state index is -0.335. The quantitative estimate of drug-likeness (QED) is 0.550. The van der Waals surface area contributed by atoms with Crippen molar-refractivity contribution in [1.82, 2.24) is 15.6 Å². The predicted molar refractivity (Wildman–Crippen MR) is 100 cm³/mol. The molecule has 5 heteroatoms. The Balaban J connectivity index is 1.61. The molecule has 0 aliphatic heterocycles. The predicted octanol–water partition coefficient (Wildman–Crippen LogP) is 3.90. The second-order valence-corrected chi connectivity index (χ2v) is 5.53. The van der Waals surface area contributed by atoms with Crippen LogP contribution in [0.4, 0.5) is 0 Å². The number of carbonyl (C=O) groups excluding carboxylic acids is 1. The molecule has 3 aromatic rings. The molecule has 3 rings (SSSR count). The zero-order chi connectivity index (χ0) is 17.5. The summed E-state index contributed by atoms with van der Waals surface area (Å²) in [6, 6.07) is 21.3. The van der Waals surface area contributed by atoms with E-state index in [0.717, 1.165) is 22.4 Å². The van der Waals surface area contributed by atoms with Gasteiger partial charge in [-0.3, -0.25) is 9.89 Å². The van der Waals surface area contributed by atoms with Crippen LogP contribution in [0.2, 0.25) is 0 Å². The Hall–Kier alpha value is -3.47. The lowest BCUT2D eigenvalue weighted by molar-refractivity contribution is 0.0950. The number of aromatic nitrogens is 2. The Morgan fingerprint density at radius 3 is 2.48 bits per heavy atom. The van der Waals surface area contributed by atoms with Crippen molar-refractivity contribution < 1.29 is 4.79 Å². The number of hydrazone groups is 1. The number of hydrogen-bond acceptors (Lipinski definition) is 3. The highest BCUT2D eigenvalue weighted by Crippen LogP contribution is 2.16. The average Bonchev–Trinajstić information content (AvgIpc) is 3.13. The lowest BCUT2D eigenvalue weighted by Crippen LogP contribution is -2.17. The standard InChI is InChI=1S/C20H18N4O/c1-15(12-16-8-4-2-5-9-16)14-21-24-20(25)19-13-18(22-23-19)17-10-6-3-7-11-17/h2-14H,1H3,(H,22,23)(H,24,25). The first kappa shape index (κ1) is 16.4. The van der Waals surface area contributed by atoms with Crippen LogP contribution in [0.1, 0.15) is 23.0 Å².